The normalized spacial score (nSPS) is 11.8. The Morgan fingerprint density at radius 1 is 1.35 bits per heavy atom. The molecule has 0 atom stereocenters. The maximum atomic E-state index is 13.7. The molecule has 0 spiro atoms. The van der Waals surface area contributed by atoms with Gasteiger partial charge < -0.3 is 0 Å². The van der Waals surface area contributed by atoms with Crippen LogP contribution in [-0.4, -0.2) is 24.3 Å². The van der Waals surface area contributed by atoms with Crippen LogP contribution in [0.25, 0.3) is 22.3 Å². The second kappa shape index (κ2) is 6.71. The number of hydrogen-bond donors (Lipinski definition) is 1. The lowest BCUT2D eigenvalue weighted by Crippen LogP contribution is -2.19. The van der Waals surface area contributed by atoms with Crippen LogP contribution in [0.1, 0.15) is 44.5 Å². The summed E-state index contributed by atoms with van der Waals surface area (Å²) in [4.78, 5) is 19.3. The van der Waals surface area contributed by atoms with E-state index in [2.05, 4.69) is 15.1 Å². The zero-order valence-corrected chi connectivity index (χ0v) is 15.7. The van der Waals surface area contributed by atoms with Crippen molar-refractivity contribution in [2.45, 2.75) is 46.7 Å². The molecule has 3 aromatic heterocycles. The zero-order valence-electron chi connectivity index (χ0n) is 14.9. The predicted molar refractivity (Wildman–Crippen MR) is 98.2 cm³/mol. The van der Waals surface area contributed by atoms with E-state index in [-0.39, 0.29) is 27.4 Å². The van der Waals surface area contributed by atoms with Gasteiger partial charge in [-0.1, -0.05) is 0 Å². The fraction of sp³-hybridized carbons (Fsp3) is 0.412. The lowest BCUT2D eigenvalue weighted by molar-refractivity contribution is 0.153. The van der Waals surface area contributed by atoms with Crippen molar-refractivity contribution in [3.8, 4) is 11.3 Å². The number of aromatic amines is 1. The molecule has 0 radical (unpaired) electrons. The first-order valence-electron chi connectivity index (χ1n) is 8.26. The Morgan fingerprint density at radius 3 is 2.58 bits per heavy atom. The maximum Gasteiger partial charge on any atom is 0.264 e. The SMILES string of the molecule is CCn1cc(-c2cc(C(F)F)c3c(=O)[nH]c(=S)n(C(C)C)c3n2)c(C)n1. The first-order chi connectivity index (χ1) is 12.2. The number of hydrogen-bond acceptors (Lipinski definition) is 4. The second-order valence-electron chi connectivity index (χ2n) is 6.30. The van der Waals surface area contributed by atoms with Gasteiger partial charge in [0, 0.05) is 29.9 Å². The van der Waals surface area contributed by atoms with Gasteiger partial charge in [-0.15, -0.1) is 0 Å². The third kappa shape index (κ3) is 2.96. The van der Waals surface area contributed by atoms with Gasteiger partial charge in [-0.3, -0.25) is 19.0 Å². The van der Waals surface area contributed by atoms with Crippen LogP contribution in [0, 0.1) is 11.7 Å². The van der Waals surface area contributed by atoms with E-state index < -0.39 is 12.0 Å². The van der Waals surface area contributed by atoms with Gasteiger partial charge in [0.15, 0.2) is 4.77 Å². The van der Waals surface area contributed by atoms with Gasteiger partial charge in [-0.05, 0) is 46.0 Å². The lowest BCUT2D eigenvalue weighted by atomic mass is 10.1. The molecule has 0 aliphatic heterocycles. The Hall–Kier alpha value is -2.42. The average molecular weight is 379 g/mol. The first kappa shape index (κ1) is 18.4. The van der Waals surface area contributed by atoms with Crippen LogP contribution in [0.3, 0.4) is 0 Å². The Bertz CT molecular complexity index is 1100. The molecular weight excluding hydrogens is 360 g/mol. The standard InChI is InChI=1S/C17H19F2N5OS/c1-5-23-7-11(9(4)22-23)12-6-10(14(18)19)13-15(20-12)24(8(2)3)17(26)21-16(13)25/h6-8,14H,5H2,1-4H3,(H,21,25,26). The largest absolute Gasteiger partial charge is 0.300 e. The third-order valence-corrected chi connectivity index (χ3v) is 4.52. The van der Waals surface area contributed by atoms with Crippen molar-refractivity contribution in [1.82, 2.24) is 24.3 Å². The molecule has 1 N–H and O–H groups in total. The van der Waals surface area contributed by atoms with E-state index in [1.165, 1.54) is 6.07 Å². The van der Waals surface area contributed by atoms with Crippen molar-refractivity contribution < 1.29 is 8.78 Å². The summed E-state index contributed by atoms with van der Waals surface area (Å²) < 4.78 is 30.9. The smallest absolute Gasteiger partial charge is 0.264 e. The molecule has 6 nitrogen and oxygen atoms in total. The fourth-order valence-electron chi connectivity index (χ4n) is 2.99. The van der Waals surface area contributed by atoms with E-state index >= 15 is 0 Å². The molecular formula is C17H19F2N5OS. The fourth-order valence-corrected chi connectivity index (χ4v) is 3.38. The maximum absolute atomic E-state index is 13.7. The summed E-state index contributed by atoms with van der Waals surface area (Å²) >= 11 is 5.22. The van der Waals surface area contributed by atoms with Gasteiger partial charge in [0.25, 0.3) is 12.0 Å². The molecule has 9 heteroatoms. The van der Waals surface area contributed by atoms with Crippen LogP contribution in [0.2, 0.25) is 0 Å². The molecule has 3 aromatic rings. The van der Waals surface area contributed by atoms with Crippen LogP contribution in [0.15, 0.2) is 17.1 Å². The van der Waals surface area contributed by atoms with Gasteiger partial charge in [0.2, 0.25) is 0 Å². The van der Waals surface area contributed by atoms with Crippen molar-refractivity contribution in [2.75, 3.05) is 0 Å². The van der Waals surface area contributed by atoms with E-state index in [1.54, 1.807) is 22.4 Å². The summed E-state index contributed by atoms with van der Waals surface area (Å²) in [7, 11) is 0. The molecule has 0 amide bonds. The van der Waals surface area contributed by atoms with E-state index in [0.717, 1.165) is 0 Å². The van der Waals surface area contributed by atoms with Crippen molar-refractivity contribution in [3.63, 3.8) is 0 Å². The average Bonchev–Trinajstić information content (AvgIpc) is 2.94. The van der Waals surface area contributed by atoms with E-state index in [0.29, 0.717) is 23.5 Å². The first-order valence-corrected chi connectivity index (χ1v) is 8.67. The van der Waals surface area contributed by atoms with Crippen molar-refractivity contribution >= 4 is 23.3 Å². The molecule has 26 heavy (non-hydrogen) atoms. The van der Waals surface area contributed by atoms with Gasteiger partial charge in [-0.25, -0.2) is 13.8 Å². The Balaban J connectivity index is 2.47. The number of halogens is 2. The van der Waals surface area contributed by atoms with E-state index in [1.807, 2.05) is 20.8 Å². The highest BCUT2D eigenvalue weighted by Crippen LogP contribution is 2.31. The highest BCUT2D eigenvalue weighted by atomic mass is 32.1. The summed E-state index contributed by atoms with van der Waals surface area (Å²) in [6.45, 7) is 8.08. The Kier molecular flexibility index (Phi) is 4.74. The molecule has 0 aliphatic carbocycles. The van der Waals surface area contributed by atoms with Gasteiger partial charge in [-0.2, -0.15) is 5.10 Å². The summed E-state index contributed by atoms with van der Waals surface area (Å²) in [5, 5.41) is 4.21. The van der Waals surface area contributed by atoms with Crippen LogP contribution in [0.5, 0.6) is 0 Å². The summed E-state index contributed by atoms with van der Waals surface area (Å²) in [6.07, 6.45) is -1.06. The molecule has 3 rings (SSSR count). The Labute approximate surface area is 153 Å². The van der Waals surface area contributed by atoms with Crippen molar-refractivity contribution in [2.24, 2.45) is 0 Å². The number of nitrogens with zero attached hydrogens (tertiary/aromatic N) is 4. The van der Waals surface area contributed by atoms with Crippen LogP contribution >= 0.6 is 12.2 Å². The quantitative estimate of drug-likeness (QED) is 0.691. The number of aromatic nitrogens is 5. The third-order valence-electron chi connectivity index (χ3n) is 4.22. The number of pyridine rings is 1. The zero-order chi connectivity index (χ0) is 19.2. The summed E-state index contributed by atoms with van der Waals surface area (Å²) in [5.41, 5.74) is 0.816. The number of nitrogens with one attached hydrogen (secondary N) is 1. The topological polar surface area (TPSA) is 68.5 Å². The van der Waals surface area contributed by atoms with Crippen LogP contribution in [-0.2, 0) is 6.54 Å². The molecule has 3 heterocycles. The van der Waals surface area contributed by atoms with Crippen LogP contribution in [0.4, 0.5) is 8.78 Å². The summed E-state index contributed by atoms with van der Waals surface area (Å²) in [5.74, 6) is 0. The number of fused-ring (bicyclic) bond motifs is 1. The van der Waals surface area contributed by atoms with Gasteiger partial charge in [0.1, 0.15) is 5.65 Å². The van der Waals surface area contributed by atoms with Gasteiger partial charge >= 0.3 is 0 Å². The minimum absolute atomic E-state index is 0.133. The molecule has 0 bridgehead atoms. The van der Waals surface area contributed by atoms with E-state index in [9.17, 15) is 13.6 Å². The Morgan fingerprint density at radius 2 is 2.04 bits per heavy atom. The lowest BCUT2D eigenvalue weighted by Gasteiger charge is -2.16. The van der Waals surface area contributed by atoms with Crippen LogP contribution < -0.4 is 5.56 Å². The molecule has 0 saturated carbocycles. The second-order valence-corrected chi connectivity index (χ2v) is 6.69. The number of H-pyrrole nitrogens is 1. The van der Waals surface area contributed by atoms with Crippen molar-refractivity contribution in [1.29, 1.82) is 0 Å². The highest BCUT2D eigenvalue weighted by molar-refractivity contribution is 7.71. The molecule has 0 saturated heterocycles. The highest BCUT2D eigenvalue weighted by Gasteiger charge is 2.22. The van der Waals surface area contributed by atoms with Crippen molar-refractivity contribution in [3.05, 3.63) is 38.6 Å². The predicted octanol–water partition coefficient (Wildman–Crippen LogP) is 4.16. The molecule has 0 aliphatic rings. The minimum Gasteiger partial charge on any atom is -0.300 e. The minimum atomic E-state index is -2.82. The molecule has 0 aromatic carbocycles. The monoisotopic (exact) mass is 379 g/mol. The van der Waals surface area contributed by atoms with E-state index in [4.69, 9.17) is 12.2 Å². The molecule has 138 valence electrons. The summed E-state index contributed by atoms with van der Waals surface area (Å²) in [6, 6.07) is 1.11. The molecule has 0 unspecified atom stereocenters. The number of aryl methyl sites for hydroxylation is 2. The number of rotatable bonds is 4. The van der Waals surface area contributed by atoms with Gasteiger partial charge in [0.05, 0.1) is 16.8 Å². The molecule has 0 fully saturated rings. The number of alkyl halides is 2.